The van der Waals surface area contributed by atoms with Gasteiger partial charge in [-0.25, -0.2) is 0 Å². The van der Waals surface area contributed by atoms with E-state index in [1.165, 1.54) is 123 Å². The van der Waals surface area contributed by atoms with E-state index in [0.29, 0.717) is 0 Å². The molecule has 16 rings (SSSR count). The summed E-state index contributed by atoms with van der Waals surface area (Å²) in [5, 5.41) is 10.8. The molecule has 3 aliphatic rings. The lowest BCUT2D eigenvalue weighted by Crippen LogP contribution is -2.77. The van der Waals surface area contributed by atoms with Crippen LogP contribution in [0.2, 0.25) is 0 Å². The standard InChI is InChI=1S/C68H46BN3S2Si/c1-43-31-33-56-66(35-43)75(48-23-11-5-12-24-48,49-25-13-6-14-26-49)67-36-44(2)32-34-57(67)72(56)47-37-60-68-61(38-47)71(46-21-9-4-10-22-46)59-42-65-53(51-28-16-18-30-63(51)74-65)40-55(59)69(68)54-39-52-50-27-15-17-29-62(50)73-64(52)41-58(54)70(60)45-19-7-3-8-20-45/h3-42H,1-2H3. The third kappa shape index (κ3) is 6.14. The van der Waals surface area contributed by atoms with Crippen molar-refractivity contribution in [3.63, 3.8) is 0 Å². The van der Waals surface area contributed by atoms with Crippen molar-refractivity contribution in [2.45, 2.75) is 13.8 Å². The van der Waals surface area contributed by atoms with Gasteiger partial charge in [0.25, 0.3) is 6.71 Å². The summed E-state index contributed by atoms with van der Waals surface area (Å²) in [5.41, 5.74) is 17.2. The van der Waals surface area contributed by atoms with Crippen molar-refractivity contribution in [2.75, 3.05) is 14.7 Å². The second kappa shape index (κ2) is 16.3. The summed E-state index contributed by atoms with van der Waals surface area (Å²) in [6, 6.07) is 92.7. The number of hydrogen-bond donors (Lipinski definition) is 0. The summed E-state index contributed by atoms with van der Waals surface area (Å²) < 4.78 is 5.21. The van der Waals surface area contributed by atoms with Gasteiger partial charge in [-0.05, 0) is 135 Å². The van der Waals surface area contributed by atoms with Crippen LogP contribution in [0.15, 0.2) is 243 Å². The molecule has 0 saturated carbocycles. The van der Waals surface area contributed by atoms with Crippen LogP contribution in [0, 0.1) is 13.8 Å². The number of anilines is 9. The first kappa shape index (κ1) is 43.0. The van der Waals surface area contributed by atoms with Crippen LogP contribution in [0.4, 0.5) is 51.2 Å². The number of fused-ring (bicyclic) bond motifs is 12. The van der Waals surface area contributed by atoms with Crippen molar-refractivity contribution in [1.29, 1.82) is 0 Å². The molecule has 2 aromatic heterocycles. The predicted molar refractivity (Wildman–Crippen MR) is 328 cm³/mol. The minimum Gasteiger partial charge on any atom is -0.311 e. The summed E-state index contributed by atoms with van der Waals surface area (Å²) in [5.74, 6) is 0. The van der Waals surface area contributed by atoms with E-state index in [1.807, 2.05) is 22.7 Å². The zero-order valence-corrected chi connectivity index (χ0v) is 44.0. The van der Waals surface area contributed by atoms with E-state index in [4.69, 9.17) is 0 Å². The number of aryl methyl sites for hydroxylation is 2. The van der Waals surface area contributed by atoms with Gasteiger partial charge in [0, 0.05) is 75.1 Å². The second-order valence-corrected chi connectivity index (χ2v) is 26.4. The van der Waals surface area contributed by atoms with Gasteiger partial charge < -0.3 is 14.7 Å². The lowest BCUT2D eigenvalue weighted by atomic mass is 9.33. The van der Waals surface area contributed by atoms with Gasteiger partial charge in [0.15, 0.2) is 8.07 Å². The van der Waals surface area contributed by atoms with E-state index in [1.54, 1.807) is 0 Å². The zero-order valence-electron chi connectivity index (χ0n) is 41.3. The van der Waals surface area contributed by atoms with Crippen LogP contribution in [0.1, 0.15) is 11.1 Å². The lowest BCUT2D eigenvalue weighted by molar-refractivity contribution is 1.23. The Morgan fingerprint density at radius 3 is 1.17 bits per heavy atom. The highest BCUT2D eigenvalue weighted by atomic mass is 32.1. The zero-order chi connectivity index (χ0) is 49.5. The fraction of sp³-hybridized carbons (Fsp3) is 0.0294. The summed E-state index contributed by atoms with van der Waals surface area (Å²) in [7, 11) is -2.93. The highest BCUT2D eigenvalue weighted by Crippen LogP contribution is 2.51. The van der Waals surface area contributed by atoms with Crippen LogP contribution >= 0.6 is 22.7 Å². The molecule has 0 saturated heterocycles. The fourth-order valence-electron chi connectivity index (χ4n) is 13.3. The molecule has 5 heterocycles. The summed E-state index contributed by atoms with van der Waals surface area (Å²) in [6.45, 7) is 4.46. The molecule has 0 unspecified atom stereocenters. The van der Waals surface area contributed by atoms with Gasteiger partial charge in [0.1, 0.15) is 0 Å². The number of nitrogens with zero attached hydrogens (tertiary/aromatic N) is 3. The Morgan fingerprint density at radius 2 is 0.720 bits per heavy atom. The van der Waals surface area contributed by atoms with Crippen molar-refractivity contribution in [3.8, 4) is 0 Å². The van der Waals surface area contributed by atoms with Gasteiger partial charge in [-0.15, -0.1) is 22.7 Å². The van der Waals surface area contributed by atoms with E-state index in [-0.39, 0.29) is 6.71 Å². The van der Waals surface area contributed by atoms with Crippen molar-refractivity contribution in [3.05, 3.63) is 254 Å². The topological polar surface area (TPSA) is 9.72 Å². The average Bonchev–Trinajstić information content (AvgIpc) is 4.13. The minimum atomic E-state index is -2.93. The molecular weight excluding hydrogens is 962 g/mol. The number of benzene rings is 11. The van der Waals surface area contributed by atoms with Gasteiger partial charge in [-0.3, -0.25) is 0 Å². The Bertz CT molecular complexity index is 4200. The first-order valence-electron chi connectivity index (χ1n) is 25.9. The van der Waals surface area contributed by atoms with E-state index < -0.39 is 8.07 Å². The van der Waals surface area contributed by atoms with Crippen LogP contribution in [0.3, 0.4) is 0 Å². The van der Waals surface area contributed by atoms with Crippen molar-refractivity contribution in [2.24, 2.45) is 0 Å². The van der Waals surface area contributed by atoms with E-state index in [0.717, 1.165) is 17.1 Å². The lowest BCUT2D eigenvalue weighted by Gasteiger charge is -2.47. The molecule has 7 heteroatoms. The first-order valence-corrected chi connectivity index (χ1v) is 29.6. The summed E-state index contributed by atoms with van der Waals surface area (Å²) in [4.78, 5) is 7.80. The molecule has 0 bridgehead atoms. The molecule has 0 fully saturated rings. The number of para-hydroxylation sites is 2. The van der Waals surface area contributed by atoms with Gasteiger partial charge >= 0.3 is 0 Å². The van der Waals surface area contributed by atoms with Crippen molar-refractivity contribution in [1.82, 2.24) is 0 Å². The van der Waals surface area contributed by atoms with Gasteiger partial charge in [0.2, 0.25) is 0 Å². The number of hydrogen-bond acceptors (Lipinski definition) is 5. The molecule has 0 radical (unpaired) electrons. The van der Waals surface area contributed by atoms with Crippen LogP contribution in [0.25, 0.3) is 40.3 Å². The normalized spacial score (nSPS) is 14.0. The van der Waals surface area contributed by atoms with Crippen molar-refractivity contribution >= 4 is 166 Å². The Labute approximate surface area is 445 Å². The quantitative estimate of drug-likeness (QED) is 0.159. The molecule has 0 atom stereocenters. The maximum absolute atomic E-state index is 2.93. The van der Waals surface area contributed by atoms with Crippen LogP contribution in [-0.4, -0.2) is 14.8 Å². The Balaban J connectivity index is 1.06. The molecule has 0 aliphatic carbocycles. The maximum atomic E-state index is 2.62. The fourth-order valence-corrected chi connectivity index (χ4v) is 20.8. The first-order chi connectivity index (χ1) is 37.0. The molecule has 11 aromatic carbocycles. The molecule has 0 N–H and O–H groups in total. The summed E-state index contributed by atoms with van der Waals surface area (Å²) in [6.07, 6.45) is 0. The maximum Gasteiger partial charge on any atom is 0.252 e. The smallest absolute Gasteiger partial charge is 0.252 e. The van der Waals surface area contributed by atoms with Gasteiger partial charge in [-0.2, -0.15) is 0 Å². The number of rotatable bonds is 5. The second-order valence-electron chi connectivity index (χ2n) is 20.5. The van der Waals surface area contributed by atoms with Gasteiger partial charge in [0.05, 0.1) is 5.69 Å². The molecule has 0 amide bonds. The van der Waals surface area contributed by atoms with Crippen LogP contribution < -0.4 is 51.8 Å². The van der Waals surface area contributed by atoms with E-state index in [2.05, 4.69) is 271 Å². The molecule has 75 heavy (non-hydrogen) atoms. The predicted octanol–water partition coefficient (Wildman–Crippen LogP) is 14.3. The number of thiophene rings is 2. The summed E-state index contributed by atoms with van der Waals surface area (Å²) >= 11 is 3.80. The minimum absolute atomic E-state index is 0.0671. The third-order valence-electron chi connectivity index (χ3n) is 16.3. The highest BCUT2D eigenvalue weighted by molar-refractivity contribution is 7.26. The molecular formula is C68H46BN3S2Si. The third-order valence-corrected chi connectivity index (χ3v) is 23.4. The Hall–Kier alpha value is -8.46. The molecule has 13 aromatic rings. The van der Waals surface area contributed by atoms with Crippen molar-refractivity contribution < 1.29 is 0 Å². The highest BCUT2D eigenvalue weighted by Gasteiger charge is 2.50. The average molecular weight is 1010 g/mol. The monoisotopic (exact) mass is 1010 g/mol. The largest absolute Gasteiger partial charge is 0.311 e. The molecule has 3 nitrogen and oxygen atoms in total. The molecule has 352 valence electrons. The SMILES string of the molecule is Cc1ccc2c(c1)[Si](c1ccccc1)(c1ccccc1)c1cc(C)ccc1N2c1cc2c3c(c1)N(c1ccccc1)c1cc4sc5ccccc5c4cc1B3c1cc3c(cc1N2c1ccccc1)sc1ccccc13. The molecule has 0 spiro atoms. The van der Waals surface area contributed by atoms with E-state index in [9.17, 15) is 0 Å². The van der Waals surface area contributed by atoms with Crippen LogP contribution in [-0.2, 0) is 0 Å². The molecule has 3 aliphatic heterocycles. The van der Waals surface area contributed by atoms with Gasteiger partial charge in [-0.1, -0.05) is 181 Å². The Morgan fingerprint density at radius 1 is 0.320 bits per heavy atom. The van der Waals surface area contributed by atoms with E-state index >= 15 is 0 Å². The van der Waals surface area contributed by atoms with Crippen LogP contribution in [0.5, 0.6) is 0 Å². The Kier molecular flexibility index (Phi) is 9.33.